The predicted molar refractivity (Wildman–Crippen MR) is 80.6 cm³/mol. The van der Waals surface area contributed by atoms with Crippen LogP contribution in [0.25, 0.3) is 0 Å². The molecule has 3 rings (SSSR count). The second kappa shape index (κ2) is 6.78. The van der Waals surface area contributed by atoms with Crippen LogP contribution in [0.4, 0.5) is 5.69 Å². The molecule has 118 valence electrons. The summed E-state index contributed by atoms with van der Waals surface area (Å²) in [6.45, 7) is 0.582. The molecule has 2 aromatic rings. The molecule has 1 aromatic heterocycles. The SMILES string of the molecule is O=C(COC(=O)c1cccnc1)Nc1ccc2c(c1)OCCO2. The van der Waals surface area contributed by atoms with E-state index < -0.39 is 11.9 Å². The summed E-state index contributed by atoms with van der Waals surface area (Å²) in [5.41, 5.74) is 0.830. The number of esters is 1. The van der Waals surface area contributed by atoms with E-state index in [1.54, 1.807) is 36.5 Å². The van der Waals surface area contributed by atoms with Crippen LogP contribution in [0.15, 0.2) is 42.7 Å². The molecule has 1 N–H and O–H groups in total. The van der Waals surface area contributed by atoms with E-state index in [4.69, 9.17) is 14.2 Å². The van der Waals surface area contributed by atoms with Crippen molar-refractivity contribution in [2.24, 2.45) is 0 Å². The summed E-state index contributed by atoms with van der Waals surface area (Å²) >= 11 is 0. The minimum atomic E-state index is -0.601. The molecule has 0 aliphatic carbocycles. The molecule has 0 unspecified atom stereocenters. The Morgan fingerprint density at radius 3 is 2.78 bits per heavy atom. The molecule has 1 aromatic carbocycles. The minimum Gasteiger partial charge on any atom is -0.486 e. The van der Waals surface area contributed by atoms with Crippen LogP contribution in [0, 0.1) is 0 Å². The van der Waals surface area contributed by atoms with Gasteiger partial charge < -0.3 is 19.5 Å². The van der Waals surface area contributed by atoms with Crippen molar-refractivity contribution in [1.82, 2.24) is 4.98 Å². The largest absolute Gasteiger partial charge is 0.486 e. The lowest BCUT2D eigenvalue weighted by atomic mass is 10.2. The Kier molecular flexibility index (Phi) is 4.37. The summed E-state index contributed by atoms with van der Waals surface area (Å²) < 4.78 is 15.8. The normalized spacial score (nSPS) is 12.3. The molecular formula is C16H14N2O5. The molecule has 1 aliphatic heterocycles. The highest BCUT2D eigenvalue weighted by molar-refractivity contribution is 5.95. The fourth-order valence-corrected chi connectivity index (χ4v) is 2.02. The van der Waals surface area contributed by atoms with E-state index in [-0.39, 0.29) is 6.61 Å². The zero-order chi connectivity index (χ0) is 16.1. The number of hydrogen-bond donors (Lipinski definition) is 1. The van der Waals surface area contributed by atoms with Crippen LogP contribution < -0.4 is 14.8 Å². The summed E-state index contributed by atoms with van der Waals surface area (Å²) in [6.07, 6.45) is 2.92. The van der Waals surface area contributed by atoms with Gasteiger partial charge in [-0.05, 0) is 24.3 Å². The lowest BCUT2D eigenvalue weighted by Crippen LogP contribution is -2.21. The Bertz CT molecular complexity index is 718. The van der Waals surface area contributed by atoms with Gasteiger partial charge in [0.2, 0.25) is 0 Å². The number of aromatic nitrogens is 1. The zero-order valence-electron chi connectivity index (χ0n) is 12.2. The van der Waals surface area contributed by atoms with E-state index >= 15 is 0 Å². The fraction of sp³-hybridized carbons (Fsp3) is 0.188. The number of benzene rings is 1. The van der Waals surface area contributed by atoms with Gasteiger partial charge in [0, 0.05) is 24.1 Å². The molecule has 0 saturated carbocycles. The second-order valence-electron chi connectivity index (χ2n) is 4.72. The second-order valence-corrected chi connectivity index (χ2v) is 4.72. The third-order valence-corrected chi connectivity index (χ3v) is 3.06. The van der Waals surface area contributed by atoms with Crippen LogP contribution >= 0.6 is 0 Å². The number of carbonyl (C=O) groups is 2. The van der Waals surface area contributed by atoms with Gasteiger partial charge in [-0.25, -0.2) is 4.79 Å². The van der Waals surface area contributed by atoms with Crippen LogP contribution in [-0.2, 0) is 9.53 Å². The van der Waals surface area contributed by atoms with Crippen molar-refractivity contribution in [1.29, 1.82) is 0 Å². The molecule has 0 bridgehead atoms. The van der Waals surface area contributed by atoms with Crippen LogP contribution in [0.2, 0.25) is 0 Å². The molecule has 7 nitrogen and oxygen atoms in total. The summed E-state index contributed by atoms with van der Waals surface area (Å²) in [6, 6.07) is 8.25. The van der Waals surface area contributed by atoms with E-state index in [0.29, 0.717) is 36.0 Å². The highest BCUT2D eigenvalue weighted by Crippen LogP contribution is 2.32. The van der Waals surface area contributed by atoms with Gasteiger partial charge in [-0.3, -0.25) is 9.78 Å². The first-order valence-corrected chi connectivity index (χ1v) is 6.99. The maximum absolute atomic E-state index is 11.8. The number of fused-ring (bicyclic) bond motifs is 1. The van der Waals surface area contributed by atoms with Crippen molar-refractivity contribution in [2.45, 2.75) is 0 Å². The number of pyridine rings is 1. The Labute approximate surface area is 132 Å². The van der Waals surface area contributed by atoms with E-state index in [2.05, 4.69) is 10.3 Å². The first kappa shape index (κ1) is 14.8. The number of hydrogen-bond acceptors (Lipinski definition) is 6. The van der Waals surface area contributed by atoms with Gasteiger partial charge in [-0.15, -0.1) is 0 Å². The fourth-order valence-electron chi connectivity index (χ4n) is 2.02. The van der Waals surface area contributed by atoms with Crippen molar-refractivity contribution >= 4 is 17.6 Å². The van der Waals surface area contributed by atoms with Crippen molar-refractivity contribution in [3.05, 3.63) is 48.3 Å². The average Bonchev–Trinajstić information content (AvgIpc) is 2.60. The first-order chi connectivity index (χ1) is 11.2. The number of anilines is 1. The molecule has 0 atom stereocenters. The van der Waals surface area contributed by atoms with Crippen molar-refractivity contribution < 1.29 is 23.8 Å². The predicted octanol–water partition coefficient (Wildman–Crippen LogP) is 1.65. The molecular weight excluding hydrogens is 300 g/mol. The maximum Gasteiger partial charge on any atom is 0.340 e. The van der Waals surface area contributed by atoms with E-state index in [9.17, 15) is 9.59 Å². The third-order valence-electron chi connectivity index (χ3n) is 3.06. The lowest BCUT2D eigenvalue weighted by molar-refractivity contribution is -0.119. The highest BCUT2D eigenvalue weighted by atomic mass is 16.6. The summed E-state index contributed by atoms with van der Waals surface area (Å²) in [4.78, 5) is 27.4. The number of ether oxygens (including phenoxy) is 3. The number of rotatable bonds is 4. The Morgan fingerprint density at radius 2 is 2.00 bits per heavy atom. The smallest absolute Gasteiger partial charge is 0.340 e. The maximum atomic E-state index is 11.8. The number of nitrogens with zero attached hydrogens (tertiary/aromatic N) is 1. The lowest BCUT2D eigenvalue weighted by Gasteiger charge is -2.19. The quantitative estimate of drug-likeness (QED) is 0.864. The van der Waals surface area contributed by atoms with Crippen LogP contribution in [-0.4, -0.2) is 36.7 Å². The Morgan fingerprint density at radius 1 is 1.17 bits per heavy atom. The van der Waals surface area contributed by atoms with Gasteiger partial charge >= 0.3 is 5.97 Å². The zero-order valence-corrected chi connectivity index (χ0v) is 12.2. The van der Waals surface area contributed by atoms with Crippen molar-refractivity contribution in [2.75, 3.05) is 25.1 Å². The molecule has 0 saturated heterocycles. The van der Waals surface area contributed by atoms with Gasteiger partial charge in [0.25, 0.3) is 5.91 Å². The Hall–Kier alpha value is -3.09. The monoisotopic (exact) mass is 314 g/mol. The number of nitrogens with one attached hydrogen (secondary N) is 1. The average molecular weight is 314 g/mol. The van der Waals surface area contributed by atoms with Gasteiger partial charge in [-0.1, -0.05) is 0 Å². The third kappa shape index (κ3) is 3.76. The van der Waals surface area contributed by atoms with Crippen molar-refractivity contribution in [3.63, 3.8) is 0 Å². The van der Waals surface area contributed by atoms with E-state index in [1.807, 2.05) is 0 Å². The molecule has 23 heavy (non-hydrogen) atoms. The van der Waals surface area contributed by atoms with E-state index in [0.717, 1.165) is 0 Å². The standard InChI is InChI=1S/C16H14N2O5/c19-15(10-23-16(20)11-2-1-5-17-9-11)18-12-3-4-13-14(8-12)22-7-6-21-13/h1-5,8-9H,6-7,10H2,(H,18,19). The molecule has 1 aliphatic rings. The molecule has 0 spiro atoms. The molecule has 2 heterocycles. The summed E-state index contributed by atoms with van der Waals surface area (Å²) in [5.74, 6) is 0.160. The molecule has 0 radical (unpaired) electrons. The van der Waals surface area contributed by atoms with Crippen LogP contribution in [0.5, 0.6) is 11.5 Å². The molecule has 0 fully saturated rings. The minimum absolute atomic E-state index is 0.291. The topological polar surface area (TPSA) is 86.8 Å². The van der Waals surface area contributed by atoms with Gasteiger partial charge in [0.15, 0.2) is 18.1 Å². The highest BCUT2D eigenvalue weighted by Gasteiger charge is 2.14. The van der Waals surface area contributed by atoms with Crippen molar-refractivity contribution in [3.8, 4) is 11.5 Å². The summed E-state index contributed by atoms with van der Waals surface area (Å²) in [5, 5.41) is 2.63. The van der Waals surface area contributed by atoms with Crippen LogP contribution in [0.1, 0.15) is 10.4 Å². The van der Waals surface area contributed by atoms with Gasteiger partial charge in [0.05, 0.1) is 5.56 Å². The van der Waals surface area contributed by atoms with E-state index in [1.165, 1.54) is 6.20 Å². The first-order valence-electron chi connectivity index (χ1n) is 6.99. The Balaban J connectivity index is 1.54. The molecule has 7 heteroatoms. The van der Waals surface area contributed by atoms with Gasteiger partial charge in [0.1, 0.15) is 13.2 Å². The molecule has 1 amide bonds. The number of carbonyl (C=O) groups excluding carboxylic acids is 2. The summed E-state index contributed by atoms with van der Waals surface area (Å²) in [7, 11) is 0. The number of amides is 1. The van der Waals surface area contributed by atoms with Crippen LogP contribution in [0.3, 0.4) is 0 Å². The van der Waals surface area contributed by atoms with Gasteiger partial charge in [-0.2, -0.15) is 0 Å².